The molecular weight excluding hydrogens is 365 g/mol. The molecular formula is C22H23F3N2O. The number of benzene rings is 1. The van der Waals surface area contributed by atoms with Crippen molar-refractivity contribution in [2.24, 2.45) is 11.8 Å². The zero-order chi connectivity index (χ0) is 20.3. The highest BCUT2D eigenvalue weighted by Gasteiger charge is 2.19. The van der Waals surface area contributed by atoms with Gasteiger partial charge in [-0.2, -0.15) is 0 Å². The van der Waals surface area contributed by atoms with Crippen molar-refractivity contribution in [2.45, 2.75) is 33.6 Å². The van der Waals surface area contributed by atoms with E-state index in [0.717, 1.165) is 6.42 Å². The number of ether oxygens (including phenoxy) is 1. The van der Waals surface area contributed by atoms with Crippen molar-refractivity contribution in [3.05, 3.63) is 54.1 Å². The summed E-state index contributed by atoms with van der Waals surface area (Å²) in [5, 5.41) is 0.523. The minimum absolute atomic E-state index is 0.0823. The van der Waals surface area contributed by atoms with Crippen LogP contribution >= 0.6 is 0 Å². The predicted octanol–water partition coefficient (Wildman–Crippen LogP) is 6.43. The molecule has 28 heavy (non-hydrogen) atoms. The van der Waals surface area contributed by atoms with Gasteiger partial charge in [-0.05, 0) is 54.7 Å². The lowest BCUT2D eigenvalue weighted by Crippen LogP contribution is -2.12. The molecule has 0 unspecified atom stereocenters. The molecule has 148 valence electrons. The largest absolute Gasteiger partial charge is 0.491 e. The minimum atomic E-state index is -2.78. The van der Waals surface area contributed by atoms with Crippen LogP contribution in [0.15, 0.2) is 42.6 Å². The second-order valence-electron chi connectivity index (χ2n) is 7.45. The van der Waals surface area contributed by atoms with Crippen LogP contribution in [0, 0.1) is 17.7 Å². The fourth-order valence-corrected chi connectivity index (χ4v) is 3.34. The van der Waals surface area contributed by atoms with Crippen LogP contribution in [0.25, 0.3) is 22.2 Å². The van der Waals surface area contributed by atoms with Gasteiger partial charge in [-0.15, -0.1) is 0 Å². The Morgan fingerprint density at radius 2 is 1.82 bits per heavy atom. The molecule has 0 amide bonds. The first-order chi connectivity index (χ1) is 13.3. The lowest BCUT2D eigenvalue weighted by molar-refractivity contribution is 0.137. The number of fused-ring (bicyclic) bond motifs is 1. The van der Waals surface area contributed by atoms with E-state index >= 15 is 0 Å². The highest BCUT2D eigenvalue weighted by Crippen LogP contribution is 2.33. The Balaban J connectivity index is 1.94. The fraction of sp³-hybridized carbons (Fsp3) is 0.364. The van der Waals surface area contributed by atoms with Gasteiger partial charge in [0.05, 0.1) is 17.8 Å². The summed E-state index contributed by atoms with van der Waals surface area (Å²) in [5.74, 6) is 0.417. The van der Waals surface area contributed by atoms with E-state index in [1.807, 2.05) is 6.92 Å². The molecule has 0 aliphatic heterocycles. The van der Waals surface area contributed by atoms with Crippen molar-refractivity contribution < 1.29 is 17.9 Å². The molecule has 1 aromatic carbocycles. The number of pyridine rings is 2. The molecule has 6 heteroatoms. The van der Waals surface area contributed by atoms with Crippen LogP contribution in [0.3, 0.4) is 0 Å². The van der Waals surface area contributed by atoms with Crippen LogP contribution in [-0.4, -0.2) is 16.6 Å². The average Bonchev–Trinajstić information content (AvgIpc) is 2.65. The van der Waals surface area contributed by atoms with Gasteiger partial charge >= 0.3 is 0 Å². The highest BCUT2D eigenvalue weighted by molar-refractivity contribution is 5.93. The maximum atomic E-state index is 13.7. The molecule has 0 saturated carbocycles. The quantitative estimate of drug-likeness (QED) is 0.467. The smallest absolute Gasteiger partial charge is 0.284 e. The van der Waals surface area contributed by atoms with Crippen molar-refractivity contribution in [2.75, 3.05) is 6.61 Å². The van der Waals surface area contributed by atoms with Crippen LogP contribution in [0.4, 0.5) is 13.2 Å². The average molecular weight is 388 g/mol. The Kier molecular flexibility index (Phi) is 6.17. The third-order valence-electron chi connectivity index (χ3n) is 4.47. The molecule has 0 bridgehead atoms. The van der Waals surface area contributed by atoms with E-state index in [9.17, 15) is 13.2 Å². The monoisotopic (exact) mass is 388 g/mol. The first-order valence-electron chi connectivity index (χ1n) is 9.31. The van der Waals surface area contributed by atoms with Crippen LogP contribution < -0.4 is 4.74 Å². The van der Waals surface area contributed by atoms with Crippen LogP contribution in [0.1, 0.15) is 39.3 Å². The van der Waals surface area contributed by atoms with Crippen molar-refractivity contribution in [3.63, 3.8) is 0 Å². The normalized spacial score (nSPS) is 12.7. The van der Waals surface area contributed by atoms with Gasteiger partial charge < -0.3 is 4.74 Å². The number of alkyl halides is 2. The SMILES string of the molecule is CC(C)C[C@@H](C)COc1ccc(-c2ccnc3ccc(F)cc23)nc1C(F)F. The van der Waals surface area contributed by atoms with Gasteiger partial charge in [0.15, 0.2) is 0 Å². The zero-order valence-corrected chi connectivity index (χ0v) is 16.1. The number of nitrogens with zero attached hydrogens (tertiary/aromatic N) is 2. The van der Waals surface area contributed by atoms with E-state index in [-0.39, 0.29) is 11.7 Å². The molecule has 1 atom stereocenters. The minimum Gasteiger partial charge on any atom is -0.491 e. The number of hydrogen-bond donors (Lipinski definition) is 0. The first-order valence-corrected chi connectivity index (χ1v) is 9.31. The van der Waals surface area contributed by atoms with Gasteiger partial charge in [0.1, 0.15) is 17.3 Å². The number of aromatic nitrogens is 2. The van der Waals surface area contributed by atoms with Gasteiger partial charge in [-0.1, -0.05) is 20.8 Å². The maximum absolute atomic E-state index is 13.7. The van der Waals surface area contributed by atoms with Crippen LogP contribution in [-0.2, 0) is 0 Å². The molecule has 0 N–H and O–H groups in total. The van der Waals surface area contributed by atoms with Gasteiger partial charge in [0.2, 0.25) is 0 Å². The molecule has 0 aliphatic rings. The molecule has 2 aromatic heterocycles. The summed E-state index contributed by atoms with van der Waals surface area (Å²) >= 11 is 0. The van der Waals surface area contributed by atoms with E-state index < -0.39 is 17.9 Å². The second-order valence-corrected chi connectivity index (χ2v) is 7.45. The first kappa shape index (κ1) is 20.1. The molecule has 0 fully saturated rings. The van der Waals surface area contributed by atoms with E-state index in [0.29, 0.717) is 34.7 Å². The van der Waals surface area contributed by atoms with Gasteiger partial charge in [0, 0.05) is 17.1 Å². The molecule has 3 nitrogen and oxygen atoms in total. The number of rotatable bonds is 7. The predicted molar refractivity (Wildman–Crippen MR) is 104 cm³/mol. The van der Waals surface area contributed by atoms with Gasteiger partial charge in [-0.3, -0.25) is 4.98 Å². The standard InChI is InChI=1S/C22H23F3N2O/c1-13(2)10-14(3)12-28-20-7-6-19(27-21(20)22(24)25)16-8-9-26-18-5-4-15(23)11-17(16)18/h4-9,11,13-14,22H,10,12H2,1-3H3/t14-/m1/s1. The van der Waals surface area contributed by atoms with Gasteiger partial charge in [-0.25, -0.2) is 18.2 Å². The molecule has 0 radical (unpaired) electrons. The van der Waals surface area contributed by atoms with E-state index in [2.05, 4.69) is 23.8 Å². The Morgan fingerprint density at radius 1 is 1.04 bits per heavy atom. The molecule has 0 spiro atoms. The molecule has 3 rings (SSSR count). The number of halogens is 3. The molecule has 3 aromatic rings. The molecule has 0 saturated heterocycles. The zero-order valence-electron chi connectivity index (χ0n) is 16.1. The third kappa shape index (κ3) is 4.61. The summed E-state index contributed by atoms with van der Waals surface area (Å²) < 4.78 is 46.6. The second kappa shape index (κ2) is 8.59. The lowest BCUT2D eigenvalue weighted by atomic mass is 10.00. The van der Waals surface area contributed by atoms with E-state index in [1.165, 1.54) is 18.2 Å². The van der Waals surface area contributed by atoms with E-state index in [1.54, 1.807) is 24.4 Å². The fourth-order valence-electron chi connectivity index (χ4n) is 3.34. The van der Waals surface area contributed by atoms with Crippen molar-refractivity contribution in [3.8, 4) is 17.0 Å². The Labute approximate surface area is 162 Å². The Bertz CT molecular complexity index is 960. The molecule has 2 heterocycles. The number of hydrogen-bond acceptors (Lipinski definition) is 3. The highest BCUT2D eigenvalue weighted by atomic mass is 19.3. The van der Waals surface area contributed by atoms with Crippen molar-refractivity contribution in [1.82, 2.24) is 9.97 Å². The van der Waals surface area contributed by atoms with Crippen molar-refractivity contribution >= 4 is 10.9 Å². The molecule has 0 aliphatic carbocycles. The lowest BCUT2D eigenvalue weighted by Gasteiger charge is -2.17. The van der Waals surface area contributed by atoms with Crippen molar-refractivity contribution in [1.29, 1.82) is 0 Å². The summed E-state index contributed by atoms with van der Waals surface area (Å²) in [6, 6.07) is 8.97. The Hall–Kier alpha value is -2.63. The summed E-state index contributed by atoms with van der Waals surface area (Å²) in [6.07, 6.45) is -0.276. The third-order valence-corrected chi connectivity index (χ3v) is 4.47. The van der Waals surface area contributed by atoms with Crippen LogP contribution in [0.2, 0.25) is 0 Å². The Morgan fingerprint density at radius 3 is 2.54 bits per heavy atom. The summed E-state index contributed by atoms with van der Waals surface area (Å²) in [6.45, 7) is 6.60. The maximum Gasteiger partial charge on any atom is 0.284 e. The van der Waals surface area contributed by atoms with Gasteiger partial charge in [0.25, 0.3) is 6.43 Å². The van der Waals surface area contributed by atoms with Crippen LogP contribution in [0.5, 0.6) is 5.75 Å². The topological polar surface area (TPSA) is 35.0 Å². The summed E-state index contributed by atoms with van der Waals surface area (Å²) in [5.41, 5.74) is 1.04. The summed E-state index contributed by atoms with van der Waals surface area (Å²) in [4.78, 5) is 8.32. The van der Waals surface area contributed by atoms with E-state index in [4.69, 9.17) is 4.74 Å². The summed E-state index contributed by atoms with van der Waals surface area (Å²) in [7, 11) is 0.